The van der Waals surface area contributed by atoms with Crippen LogP contribution in [0, 0.1) is 12.3 Å². The number of fused-ring (bicyclic) bond motifs is 1. The van der Waals surface area contributed by atoms with Crippen molar-refractivity contribution in [2.24, 2.45) is 11.1 Å². The van der Waals surface area contributed by atoms with E-state index in [2.05, 4.69) is 50.2 Å². The summed E-state index contributed by atoms with van der Waals surface area (Å²) in [6, 6.07) is 29.9. The van der Waals surface area contributed by atoms with Crippen LogP contribution in [0.3, 0.4) is 0 Å². The number of carbonyl (C=O) groups excluding carboxylic acids is 4. The van der Waals surface area contributed by atoms with Crippen molar-refractivity contribution in [3.63, 3.8) is 0 Å². The molecular weight excluding hydrogens is 967 g/mol. The molecule has 390 valence electrons. The molecule has 75 heavy (non-hydrogen) atoms. The zero-order chi connectivity index (χ0) is 52.9. The fourth-order valence-corrected chi connectivity index (χ4v) is 10.5. The van der Waals surface area contributed by atoms with Crippen LogP contribution in [-0.2, 0) is 42.4 Å². The maximum Gasteiger partial charge on any atom is 0.246 e. The Balaban J connectivity index is 0.738. The van der Waals surface area contributed by atoms with E-state index in [1.807, 2.05) is 111 Å². The number of β-amino-alcohol motifs (C(OH)–C–C–N with tert-alkyl or cyclic N) is 1. The van der Waals surface area contributed by atoms with Crippen molar-refractivity contribution in [3.05, 3.63) is 131 Å². The fraction of sp³-hybridized carbons (Fsp3) is 0.368. The molecule has 8 N–H and O–H groups in total. The van der Waals surface area contributed by atoms with E-state index in [9.17, 15) is 24.3 Å². The first-order valence-corrected chi connectivity index (χ1v) is 26.4. The number of aliphatic hydroxyl groups is 1. The lowest BCUT2D eigenvalue weighted by Gasteiger charge is -2.38. The number of nitrogens with zero attached hydrogens (tertiary/aromatic N) is 6. The van der Waals surface area contributed by atoms with Crippen LogP contribution < -0.4 is 27.4 Å². The van der Waals surface area contributed by atoms with Crippen LogP contribution >= 0.6 is 11.3 Å². The lowest BCUT2D eigenvalue weighted by atomic mass is 9.73. The predicted molar refractivity (Wildman–Crippen MR) is 290 cm³/mol. The number of benzene rings is 3. The molecule has 3 aromatic carbocycles. The Bertz CT molecular complexity index is 3180. The molecule has 3 atom stereocenters. The average Bonchev–Trinajstić information content (AvgIpc) is 4.13. The molecule has 7 aromatic rings. The number of hydrogen-bond donors (Lipinski definition) is 6. The van der Waals surface area contributed by atoms with E-state index < -0.39 is 35.4 Å². The molecule has 9 rings (SSSR count). The molecule has 1 aliphatic carbocycles. The van der Waals surface area contributed by atoms with E-state index in [-0.39, 0.29) is 69.5 Å². The summed E-state index contributed by atoms with van der Waals surface area (Å²) in [5, 5.41) is 19.3. The Labute approximate surface area is 440 Å². The SMILES string of the molecule is Cc1ncsc1-c1ccc(CNC(=O)[C@@H]2C[C@@H](O)CN2C(=O)[C@@H](NC(=O)CCOCCNC(=O)CCc2cccc(-c3ccc4nc(-c5cccnc5N)n(-c5ccc(C6(N)CCC6)cc5)c4n3)c2)C(C)(C)C)cc1. The van der Waals surface area contributed by atoms with Crippen LogP contribution in [0.1, 0.15) is 81.7 Å². The number of nitrogens with one attached hydrogen (secondary N) is 3. The van der Waals surface area contributed by atoms with Crippen molar-refractivity contribution in [2.45, 2.75) is 103 Å². The summed E-state index contributed by atoms with van der Waals surface area (Å²) in [6.45, 7) is 8.21. The summed E-state index contributed by atoms with van der Waals surface area (Å²) in [7, 11) is 0. The number of carbonyl (C=O) groups is 4. The topological polar surface area (TPSA) is 246 Å². The number of hydrogen-bond acceptors (Lipinski definition) is 13. The van der Waals surface area contributed by atoms with Crippen molar-refractivity contribution in [1.82, 2.24) is 45.4 Å². The van der Waals surface area contributed by atoms with E-state index in [1.54, 1.807) is 17.5 Å². The third-order valence-electron chi connectivity index (χ3n) is 14.1. The lowest BCUT2D eigenvalue weighted by Crippen LogP contribution is -2.57. The van der Waals surface area contributed by atoms with Crippen molar-refractivity contribution < 1.29 is 29.0 Å². The quantitative estimate of drug-likeness (QED) is 0.0460. The third-order valence-corrected chi connectivity index (χ3v) is 15.1. The van der Waals surface area contributed by atoms with Crippen molar-refractivity contribution >= 4 is 51.9 Å². The summed E-state index contributed by atoms with van der Waals surface area (Å²) in [4.78, 5) is 75.0. The van der Waals surface area contributed by atoms with Gasteiger partial charge in [-0.25, -0.2) is 19.9 Å². The first-order chi connectivity index (χ1) is 36.0. The van der Waals surface area contributed by atoms with E-state index in [1.165, 1.54) is 4.90 Å². The number of pyridine rings is 2. The molecule has 0 bridgehead atoms. The van der Waals surface area contributed by atoms with Gasteiger partial charge in [-0.15, -0.1) is 11.3 Å². The van der Waals surface area contributed by atoms with Crippen LogP contribution in [0.4, 0.5) is 5.82 Å². The molecule has 4 amide bonds. The highest BCUT2D eigenvalue weighted by molar-refractivity contribution is 7.13. The molecule has 5 heterocycles. The minimum Gasteiger partial charge on any atom is -0.391 e. The Morgan fingerprint density at radius 2 is 1.67 bits per heavy atom. The number of aromatic nitrogens is 5. The van der Waals surface area contributed by atoms with Gasteiger partial charge >= 0.3 is 0 Å². The molecule has 17 nitrogen and oxygen atoms in total. The molecular formula is C57H65N11O6S. The normalized spacial score (nSPS) is 16.6. The Morgan fingerprint density at radius 1 is 0.880 bits per heavy atom. The maximum atomic E-state index is 14.1. The molecule has 1 saturated carbocycles. The van der Waals surface area contributed by atoms with Gasteiger partial charge in [0.25, 0.3) is 0 Å². The average molecular weight is 1030 g/mol. The second-order valence-electron chi connectivity index (χ2n) is 20.7. The molecule has 1 saturated heterocycles. The number of nitrogen functional groups attached to an aromatic ring is 1. The van der Waals surface area contributed by atoms with E-state index >= 15 is 0 Å². The Hall–Kier alpha value is -7.38. The van der Waals surface area contributed by atoms with Gasteiger partial charge in [0.2, 0.25) is 23.6 Å². The van der Waals surface area contributed by atoms with Gasteiger partial charge < -0.3 is 42.2 Å². The summed E-state index contributed by atoms with van der Waals surface area (Å²) >= 11 is 1.57. The largest absolute Gasteiger partial charge is 0.391 e. The number of likely N-dealkylation sites (tertiary alicyclic amines) is 1. The maximum absolute atomic E-state index is 14.1. The van der Waals surface area contributed by atoms with Crippen molar-refractivity contribution in [3.8, 4) is 38.8 Å². The smallest absolute Gasteiger partial charge is 0.246 e. The van der Waals surface area contributed by atoms with Gasteiger partial charge in [0.15, 0.2) is 11.5 Å². The number of nitrogens with two attached hydrogens (primary N) is 2. The fourth-order valence-electron chi connectivity index (χ4n) is 9.71. The van der Waals surface area contributed by atoms with Gasteiger partial charge in [-0.2, -0.15) is 0 Å². The first-order valence-electron chi connectivity index (χ1n) is 25.5. The number of amides is 4. The molecule has 2 aliphatic rings. The molecule has 2 fully saturated rings. The summed E-state index contributed by atoms with van der Waals surface area (Å²) in [6.07, 6.45) is 4.64. The molecule has 0 radical (unpaired) electrons. The van der Waals surface area contributed by atoms with Crippen molar-refractivity contribution in [1.29, 1.82) is 0 Å². The number of imidazole rings is 1. The number of anilines is 1. The van der Waals surface area contributed by atoms with Crippen LogP contribution in [0.15, 0.2) is 109 Å². The second kappa shape index (κ2) is 22.6. The highest BCUT2D eigenvalue weighted by atomic mass is 32.1. The van der Waals surface area contributed by atoms with Gasteiger partial charge in [0.05, 0.1) is 46.7 Å². The van der Waals surface area contributed by atoms with E-state index in [4.69, 9.17) is 26.2 Å². The van der Waals surface area contributed by atoms with E-state index in [0.29, 0.717) is 34.8 Å². The Morgan fingerprint density at radius 3 is 2.37 bits per heavy atom. The number of aryl methyl sites for hydroxylation is 2. The highest BCUT2D eigenvalue weighted by Gasteiger charge is 2.44. The molecule has 0 unspecified atom stereocenters. The minimum absolute atomic E-state index is 0.0229. The van der Waals surface area contributed by atoms with Gasteiger partial charge in [-0.1, -0.05) is 75.4 Å². The summed E-state index contributed by atoms with van der Waals surface area (Å²) < 4.78 is 7.71. The molecule has 18 heteroatoms. The van der Waals surface area contributed by atoms with Crippen LogP contribution in [-0.4, -0.2) is 103 Å². The lowest BCUT2D eigenvalue weighted by molar-refractivity contribution is -0.144. The molecule has 0 spiro atoms. The van der Waals surface area contributed by atoms with Crippen LogP contribution in [0.5, 0.6) is 0 Å². The third kappa shape index (κ3) is 12.1. The number of aliphatic hydroxyl groups excluding tert-OH is 1. The monoisotopic (exact) mass is 1030 g/mol. The van der Waals surface area contributed by atoms with Gasteiger partial charge in [-0.3, -0.25) is 23.7 Å². The summed E-state index contributed by atoms with van der Waals surface area (Å²) in [5.74, 6) is -0.361. The zero-order valence-corrected chi connectivity index (χ0v) is 43.7. The van der Waals surface area contributed by atoms with E-state index in [0.717, 1.165) is 69.0 Å². The second-order valence-corrected chi connectivity index (χ2v) is 21.5. The summed E-state index contributed by atoms with van der Waals surface area (Å²) in [5.41, 5.74) is 23.4. The van der Waals surface area contributed by atoms with Gasteiger partial charge in [0.1, 0.15) is 23.4 Å². The standard InChI is InChI=1S/C57H65N11O6S/c1-35-49(75-34-63-35)38-14-11-37(12-15-38)32-62-54(72)46-31-42(69)33-67(46)55(73)50(56(2,3)4)66-48(71)23-28-74-29-27-60-47(70)22-13-36-8-5-9-39(30-36)44-20-21-45-53(64-44)68(52(65-45)43-10-6-26-61-51(43)58)41-18-16-40(17-19-41)57(59)24-7-25-57/h5-6,8-12,14-21,26,30,34,42,46,50,69H,7,13,22-25,27-29,31-33,59H2,1-4H3,(H2,58,61)(H,60,70)(H,62,72)(H,66,71)/t42-,46+,50-/m1/s1. The Kier molecular flexibility index (Phi) is 15.8. The molecule has 4 aromatic heterocycles. The number of ether oxygens (including phenoxy) is 1. The number of rotatable bonds is 19. The van der Waals surface area contributed by atoms with Crippen molar-refractivity contribution in [2.75, 3.05) is 32.0 Å². The number of thiazole rings is 1. The highest BCUT2D eigenvalue weighted by Crippen LogP contribution is 2.40. The zero-order valence-electron chi connectivity index (χ0n) is 42.8. The molecule has 1 aliphatic heterocycles. The van der Waals surface area contributed by atoms with Gasteiger partial charge in [-0.05, 0) is 103 Å². The van der Waals surface area contributed by atoms with Gasteiger partial charge in [0, 0.05) is 61.9 Å². The van der Waals surface area contributed by atoms with Crippen LogP contribution in [0.25, 0.3) is 49.9 Å². The minimum atomic E-state index is -0.964. The predicted octanol–water partition coefficient (Wildman–Crippen LogP) is 6.77. The first kappa shape index (κ1) is 52.5. The van der Waals surface area contributed by atoms with Crippen LogP contribution in [0.2, 0.25) is 0 Å².